The summed E-state index contributed by atoms with van der Waals surface area (Å²) >= 11 is 0. The number of aromatic nitrogens is 1. The van der Waals surface area contributed by atoms with E-state index in [4.69, 9.17) is 15.3 Å². The van der Waals surface area contributed by atoms with Gasteiger partial charge >= 0.3 is 5.97 Å². The van der Waals surface area contributed by atoms with E-state index in [0.29, 0.717) is 17.8 Å². The summed E-state index contributed by atoms with van der Waals surface area (Å²) < 4.78 is 31.3. The van der Waals surface area contributed by atoms with Crippen molar-refractivity contribution < 1.29 is 27.9 Å². The molecule has 0 saturated carbocycles. The van der Waals surface area contributed by atoms with Crippen LogP contribution in [0.3, 0.4) is 0 Å². The summed E-state index contributed by atoms with van der Waals surface area (Å²) in [6.07, 6.45) is 1.75. The Morgan fingerprint density at radius 1 is 1.25 bits per heavy atom. The molecule has 36 heavy (non-hydrogen) atoms. The molecule has 0 radical (unpaired) electrons. The molecule has 0 saturated heterocycles. The highest BCUT2D eigenvalue weighted by Crippen LogP contribution is 2.41. The first-order valence-electron chi connectivity index (χ1n) is 11.5. The third-order valence-corrected chi connectivity index (χ3v) is 7.20. The maximum Gasteiger partial charge on any atom is 0.341 e. The van der Waals surface area contributed by atoms with E-state index in [1.807, 2.05) is 39.8 Å². The summed E-state index contributed by atoms with van der Waals surface area (Å²) in [5, 5.41) is 17.7. The summed E-state index contributed by atoms with van der Waals surface area (Å²) in [5.41, 5.74) is 2.50. The zero-order valence-electron chi connectivity index (χ0n) is 21.4. The van der Waals surface area contributed by atoms with Crippen LogP contribution in [0.15, 0.2) is 24.3 Å². The van der Waals surface area contributed by atoms with E-state index in [0.717, 1.165) is 28.2 Å². The highest BCUT2D eigenvalue weighted by Gasteiger charge is 2.31. The lowest BCUT2D eigenvalue weighted by Crippen LogP contribution is -2.31. The minimum atomic E-state index is -3.75. The van der Waals surface area contributed by atoms with E-state index in [1.54, 1.807) is 11.0 Å². The molecule has 2 N–H and O–H groups in total. The molecule has 1 aromatic carbocycles. The van der Waals surface area contributed by atoms with E-state index < -0.39 is 28.0 Å². The van der Waals surface area contributed by atoms with Gasteiger partial charge in [-0.3, -0.25) is 14.5 Å². The van der Waals surface area contributed by atoms with Gasteiger partial charge in [0.2, 0.25) is 10.0 Å². The molecule has 1 aliphatic rings. The summed E-state index contributed by atoms with van der Waals surface area (Å²) in [6.45, 7) is 7.17. The Bertz CT molecular complexity index is 1330. The summed E-state index contributed by atoms with van der Waals surface area (Å²) in [5.74, 6) is -1.27. The molecular formula is C25H32N4O6S. The van der Waals surface area contributed by atoms with Gasteiger partial charge < -0.3 is 14.7 Å². The molecule has 0 bridgehead atoms. The number of carbonyl (C=O) groups excluding carboxylic acids is 1. The number of ketones is 1. The van der Waals surface area contributed by atoms with Crippen molar-refractivity contribution in [2.75, 3.05) is 30.8 Å². The van der Waals surface area contributed by atoms with Crippen molar-refractivity contribution >= 4 is 33.3 Å². The second kappa shape index (κ2) is 9.88. The van der Waals surface area contributed by atoms with Crippen molar-refractivity contribution in [3.05, 3.63) is 52.3 Å². The van der Waals surface area contributed by atoms with Gasteiger partial charge in [-0.25, -0.2) is 18.2 Å². The van der Waals surface area contributed by atoms with Gasteiger partial charge in [0.15, 0.2) is 12.4 Å². The Kier molecular flexibility index (Phi) is 7.45. The van der Waals surface area contributed by atoms with Crippen LogP contribution >= 0.6 is 0 Å². The summed E-state index contributed by atoms with van der Waals surface area (Å²) in [7, 11) is -2.43. The zero-order chi connectivity index (χ0) is 27.0. The third-order valence-electron chi connectivity index (χ3n) is 6.01. The van der Waals surface area contributed by atoms with Gasteiger partial charge in [-0.05, 0) is 30.0 Å². The lowest BCUT2D eigenvalue weighted by Gasteiger charge is -2.28. The molecule has 0 fully saturated rings. The monoisotopic (exact) mass is 516 g/mol. The number of fused-ring (bicyclic) bond motifs is 1. The van der Waals surface area contributed by atoms with Crippen LogP contribution < -0.4 is 9.04 Å². The van der Waals surface area contributed by atoms with E-state index >= 15 is 0 Å². The number of carboxylic acids is 1. The maximum absolute atomic E-state index is 13.4. The number of pyridine rings is 1. The highest BCUT2D eigenvalue weighted by molar-refractivity contribution is 7.92. The van der Waals surface area contributed by atoms with E-state index in [2.05, 4.69) is 4.98 Å². The molecule has 0 spiro atoms. The molecule has 0 aliphatic carbocycles. The molecule has 11 heteroatoms. The smallest absolute Gasteiger partial charge is 0.341 e. The molecular weight excluding hydrogens is 484 g/mol. The number of benzene rings is 1. The molecule has 1 aromatic heterocycles. The number of hydrogen-bond donors (Lipinski definition) is 2. The number of hydrogen-bond acceptors (Lipinski definition) is 7. The van der Waals surface area contributed by atoms with Crippen LogP contribution in [-0.4, -0.2) is 67.5 Å². The second-order valence-corrected chi connectivity index (χ2v) is 11.8. The van der Waals surface area contributed by atoms with Crippen molar-refractivity contribution in [1.29, 1.82) is 5.41 Å². The number of carboxylic acid groups (broad SMARTS) is 1. The number of aryl methyl sites for hydroxylation is 1. The van der Waals surface area contributed by atoms with Crippen LogP contribution in [-0.2, 0) is 33.2 Å². The molecule has 2 heterocycles. The van der Waals surface area contributed by atoms with Gasteiger partial charge in [-0.1, -0.05) is 33.8 Å². The lowest BCUT2D eigenvalue weighted by molar-refractivity contribution is -0.139. The van der Waals surface area contributed by atoms with E-state index in [-0.39, 0.29) is 35.2 Å². The molecule has 2 aromatic rings. The first-order valence-corrected chi connectivity index (χ1v) is 13.3. The van der Waals surface area contributed by atoms with Crippen molar-refractivity contribution in [3.63, 3.8) is 0 Å². The normalized spacial score (nSPS) is 13.5. The second-order valence-electron chi connectivity index (χ2n) is 9.83. The van der Waals surface area contributed by atoms with Gasteiger partial charge in [-0.2, -0.15) is 0 Å². The number of aliphatic carboxylic acids is 1. The van der Waals surface area contributed by atoms with Crippen LogP contribution in [0.25, 0.3) is 0 Å². The SMILES string of the molecule is CCc1ccc2c(n1)C(=N)N(CC(=O)c1cc(N(C)S(C)(=O)=O)c(OCC(=O)O)c(C(C)(C)C)c1)C2. The fourth-order valence-corrected chi connectivity index (χ4v) is 4.41. The van der Waals surface area contributed by atoms with E-state index in [9.17, 15) is 18.0 Å². The number of amidine groups is 1. The average molecular weight is 517 g/mol. The summed E-state index contributed by atoms with van der Waals surface area (Å²) in [4.78, 5) is 30.8. The highest BCUT2D eigenvalue weighted by atomic mass is 32.2. The van der Waals surface area contributed by atoms with Crippen LogP contribution in [0.4, 0.5) is 5.69 Å². The van der Waals surface area contributed by atoms with Gasteiger partial charge in [0.1, 0.15) is 17.3 Å². The van der Waals surface area contributed by atoms with E-state index in [1.165, 1.54) is 13.1 Å². The first-order chi connectivity index (χ1) is 16.6. The lowest BCUT2D eigenvalue weighted by atomic mass is 9.84. The third kappa shape index (κ3) is 5.67. The number of nitrogens with one attached hydrogen (secondary N) is 1. The Labute approximate surface area is 211 Å². The van der Waals surface area contributed by atoms with Crippen molar-refractivity contribution in [3.8, 4) is 5.75 Å². The maximum atomic E-state index is 13.4. The standard InChI is InChI=1S/C25H32N4O6S/c1-7-17-9-8-15-12-29(24(26)22(15)27-17)13-20(30)16-10-18(25(2,3)4)23(35-14-21(31)32)19(11-16)28(5)36(6,33)34/h8-11,26H,7,12-14H2,1-6H3,(H,31,32). The zero-order valence-corrected chi connectivity index (χ0v) is 22.2. The topological polar surface area (TPSA) is 141 Å². The van der Waals surface area contributed by atoms with Crippen LogP contribution in [0.2, 0.25) is 0 Å². The number of ether oxygens (including phenoxy) is 1. The van der Waals surface area contributed by atoms with Gasteiger partial charge in [0.25, 0.3) is 0 Å². The number of nitrogens with zero attached hydrogens (tertiary/aromatic N) is 3. The van der Waals surface area contributed by atoms with Gasteiger partial charge in [0.05, 0.1) is 18.5 Å². The Balaban J connectivity index is 2.04. The molecule has 0 atom stereocenters. The predicted octanol–water partition coefficient (Wildman–Crippen LogP) is 2.82. The largest absolute Gasteiger partial charge is 0.479 e. The molecule has 0 unspecified atom stereocenters. The minimum Gasteiger partial charge on any atom is -0.479 e. The van der Waals surface area contributed by atoms with Crippen molar-refractivity contribution in [1.82, 2.24) is 9.88 Å². The summed E-state index contributed by atoms with van der Waals surface area (Å²) in [6, 6.07) is 6.84. The number of sulfonamides is 1. The number of anilines is 1. The van der Waals surface area contributed by atoms with Crippen LogP contribution in [0.5, 0.6) is 5.75 Å². The quantitative estimate of drug-likeness (QED) is 0.485. The Morgan fingerprint density at radius 3 is 2.47 bits per heavy atom. The molecule has 3 rings (SSSR count). The van der Waals surface area contributed by atoms with Crippen LogP contribution in [0.1, 0.15) is 60.6 Å². The van der Waals surface area contributed by atoms with Gasteiger partial charge in [-0.15, -0.1) is 0 Å². The number of Topliss-reactive ketones (excluding diaryl/α,β-unsaturated/α-hetero) is 1. The number of rotatable bonds is 9. The molecule has 10 nitrogen and oxygen atoms in total. The Hall–Kier alpha value is -3.47. The molecule has 0 amide bonds. The number of carbonyl (C=O) groups is 2. The fraction of sp³-hybridized carbons (Fsp3) is 0.440. The first kappa shape index (κ1) is 27.1. The van der Waals surface area contributed by atoms with Crippen molar-refractivity contribution in [2.45, 2.75) is 46.1 Å². The fourth-order valence-electron chi connectivity index (χ4n) is 3.92. The minimum absolute atomic E-state index is 0.0727. The average Bonchev–Trinajstić information content (AvgIpc) is 3.09. The Morgan fingerprint density at radius 2 is 1.92 bits per heavy atom. The molecule has 1 aliphatic heterocycles. The molecule has 194 valence electrons. The van der Waals surface area contributed by atoms with Gasteiger partial charge in [0, 0.05) is 36.0 Å². The van der Waals surface area contributed by atoms with Crippen molar-refractivity contribution in [2.24, 2.45) is 0 Å². The predicted molar refractivity (Wildman–Crippen MR) is 137 cm³/mol. The van der Waals surface area contributed by atoms with Crippen LogP contribution in [0, 0.1) is 5.41 Å².